The SMILES string of the molecule is Cc1ccsc1-c1nc(C(N)=O)c2[nH]c(=O)n(-c3c(F)cccc3F)c2n1. The number of carbonyl (C=O) groups is 1. The number of aromatic nitrogens is 4. The predicted octanol–water partition coefficient (Wildman–Crippen LogP) is 2.52. The molecule has 0 saturated heterocycles. The van der Waals surface area contributed by atoms with Gasteiger partial charge in [-0.15, -0.1) is 11.3 Å². The maximum atomic E-state index is 14.3. The van der Waals surface area contributed by atoms with Crippen molar-refractivity contribution in [2.75, 3.05) is 0 Å². The van der Waals surface area contributed by atoms with E-state index < -0.39 is 28.9 Å². The molecule has 10 heteroatoms. The first kappa shape index (κ1) is 17.0. The van der Waals surface area contributed by atoms with Crippen LogP contribution in [0, 0.1) is 18.6 Å². The summed E-state index contributed by atoms with van der Waals surface area (Å²) in [4.78, 5) is 35.8. The second kappa shape index (κ2) is 6.09. The number of thiophene rings is 1. The minimum Gasteiger partial charge on any atom is -0.364 e. The van der Waals surface area contributed by atoms with Crippen LogP contribution in [0.5, 0.6) is 0 Å². The number of para-hydroxylation sites is 1. The molecule has 4 aromatic rings. The number of hydrogen-bond acceptors (Lipinski definition) is 5. The lowest BCUT2D eigenvalue weighted by Crippen LogP contribution is -2.17. The van der Waals surface area contributed by atoms with Crippen molar-refractivity contribution in [3.05, 3.63) is 63.0 Å². The standard InChI is InChI=1S/C17H11F2N5O2S/c1-7-5-6-27-13(7)15-21-10(14(20)25)11-16(23-15)24(17(26)22-11)12-8(18)3-2-4-9(12)19/h2-6H,1H3,(H2,20,25)(H,22,26). The Morgan fingerprint density at radius 2 is 1.93 bits per heavy atom. The summed E-state index contributed by atoms with van der Waals surface area (Å²) in [5.41, 5.74) is 4.29. The van der Waals surface area contributed by atoms with Crippen molar-refractivity contribution in [3.63, 3.8) is 0 Å². The first-order valence-corrected chi connectivity index (χ1v) is 8.58. The molecule has 4 rings (SSSR count). The van der Waals surface area contributed by atoms with Gasteiger partial charge in [0.05, 0.1) is 4.88 Å². The van der Waals surface area contributed by atoms with Crippen molar-refractivity contribution in [2.24, 2.45) is 5.73 Å². The number of nitrogens with one attached hydrogen (secondary N) is 1. The minimum atomic E-state index is -0.953. The molecule has 1 amide bonds. The van der Waals surface area contributed by atoms with Crippen LogP contribution in [0.15, 0.2) is 34.4 Å². The second-order valence-electron chi connectivity index (χ2n) is 5.73. The Bertz CT molecular complexity index is 1250. The maximum absolute atomic E-state index is 14.3. The number of imidazole rings is 1. The van der Waals surface area contributed by atoms with E-state index in [1.165, 1.54) is 17.4 Å². The first-order chi connectivity index (χ1) is 12.9. The molecule has 0 aliphatic rings. The van der Waals surface area contributed by atoms with Crippen LogP contribution < -0.4 is 11.4 Å². The van der Waals surface area contributed by atoms with Crippen LogP contribution in [0.3, 0.4) is 0 Å². The number of halogens is 2. The number of aryl methyl sites for hydroxylation is 1. The van der Waals surface area contributed by atoms with Gasteiger partial charge in [0.15, 0.2) is 17.2 Å². The molecular formula is C17H11F2N5O2S. The normalized spacial score (nSPS) is 11.2. The summed E-state index contributed by atoms with van der Waals surface area (Å²) < 4.78 is 29.3. The summed E-state index contributed by atoms with van der Waals surface area (Å²) in [6, 6.07) is 5.05. The molecule has 0 fully saturated rings. The van der Waals surface area contributed by atoms with Gasteiger partial charge in [0.1, 0.15) is 22.8 Å². The summed E-state index contributed by atoms with van der Waals surface area (Å²) in [7, 11) is 0. The average Bonchev–Trinajstić information content (AvgIpc) is 3.17. The Morgan fingerprint density at radius 3 is 2.52 bits per heavy atom. The van der Waals surface area contributed by atoms with E-state index in [0.717, 1.165) is 22.3 Å². The number of benzene rings is 1. The number of fused-ring (bicyclic) bond motifs is 1. The number of carbonyl (C=O) groups excluding carboxylic acids is 1. The van der Waals surface area contributed by atoms with Crippen molar-refractivity contribution < 1.29 is 13.6 Å². The minimum absolute atomic E-state index is 0.0897. The van der Waals surface area contributed by atoms with E-state index in [4.69, 9.17) is 5.73 Å². The second-order valence-corrected chi connectivity index (χ2v) is 6.64. The molecule has 27 heavy (non-hydrogen) atoms. The maximum Gasteiger partial charge on any atom is 0.332 e. The molecule has 3 N–H and O–H groups in total. The molecule has 0 saturated carbocycles. The zero-order valence-corrected chi connectivity index (χ0v) is 14.6. The Kier molecular flexibility index (Phi) is 3.84. The van der Waals surface area contributed by atoms with Gasteiger partial charge in [0, 0.05) is 0 Å². The molecular weight excluding hydrogens is 376 g/mol. The lowest BCUT2D eigenvalue weighted by Gasteiger charge is -2.07. The Hall–Kier alpha value is -3.40. The van der Waals surface area contributed by atoms with Gasteiger partial charge in [0.2, 0.25) is 0 Å². The number of hydrogen-bond donors (Lipinski definition) is 2. The summed E-state index contributed by atoms with van der Waals surface area (Å²) >= 11 is 1.32. The van der Waals surface area contributed by atoms with Gasteiger partial charge in [-0.2, -0.15) is 0 Å². The van der Waals surface area contributed by atoms with Gasteiger partial charge < -0.3 is 10.7 Å². The largest absolute Gasteiger partial charge is 0.364 e. The molecule has 3 heterocycles. The van der Waals surface area contributed by atoms with Crippen molar-refractivity contribution in [1.29, 1.82) is 0 Å². The van der Waals surface area contributed by atoms with E-state index in [1.54, 1.807) is 0 Å². The quantitative estimate of drug-likeness (QED) is 0.563. The number of nitrogens with zero attached hydrogens (tertiary/aromatic N) is 3. The van der Waals surface area contributed by atoms with Gasteiger partial charge in [-0.05, 0) is 36.1 Å². The highest BCUT2D eigenvalue weighted by Crippen LogP contribution is 2.29. The van der Waals surface area contributed by atoms with Crippen LogP contribution in [-0.4, -0.2) is 25.4 Å². The van der Waals surface area contributed by atoms with Crippen LogP contribution in [0.4, 0.5) is 8.78 Å². The van der Waals surface area contributed by atoms with E-state index >= 15 is 0 Å². The average molecular weight is 387 g/mol. The highest BCUT2D eigenvalue weighted by molar-refractivity contribution is 7.13. The number of H-pyrrole nitrogens is 1. The molecule has 0 aliphatic carbocycles. The predicted molar refractivity (Wildman–Crippen MR) is 96.0 cm³/mol. The van der Waals surface area contributed by atoms with Crippen LogP contribution in [0.2, 0.25) is 0 Å². The highest BCUT2D eigenvalue weighted by atomic mass is 32.1. The number of nitrogens with two attached hydrogens (primary N) is 1. The van der Waals surface area contributed by atoms with Gasteiger partial charge in [-0.3, -0.25) is 4.79 Å². The van der Waals surface area contributed by atoms with Crippen molar-refractivity contribution >= 4 is 28.4 Å². The third-order valence-electron chi connectivity index (χ3n) is 4.00. The van der Waals surface area contributed by atoms with Crippen molar-refractivity contribution in [1.82, 2.24) is 19.5 Å². The summed E-state index contributed by atoms with van der Waals surface area (Å²) in [6.45, 7) is 1.82. The van der Waals surface area contributed by atoms with E-state index in [1.807, 2.05) is 18.4 Å². The zero-order valence-electron chi connectivity index (χ0n) is 13.8. The molecule has 0 radical (unpaired) electrons. The lowest BCUT2D eigenvalue weighted by molar-refractivity contribution is 0.0997. The smallest absolute Gasteiger partial charge is 0.332 e. The third-order valence-corrected chi connectivity index (χ3v) is 5.01. The fourth-order valence-corrected chi connectivity index (χ4v) is 3.64. The molecule has 1 aromatic carbocycles. The first-order valence-electron chi connectivity index (χ1n) is 7.70. The molecule has 7 nitrogen and oxygen atoms in total. The van der Waals surface area contributed by atoms with Crippen LogP contribution >= 0.6 is 11.3 Å². The van der Waals surface area contributed by atoms with E-state index in [-0.39, 0.29) is 22.7 Å². The number of aromatic amines is 1. The Balaban J connectivity index is 2.15. The summed E-state index contributed by atoms with van der Waals surface area (Å²) in [5, 5.41) is 1.81. The van der Waals surface area contributed by atoms with Crippen molar-refractivity contribution in [2.45, 2.75) is 6.92 Å². The molecule has 3 aromatic heterocycles. The van der Waals surface area contributed by atoms with Gasteiger partial charge in [0.25, 0.3) is 5.91 Å². The molecule has 0 unspecified atom stereocenters. The molecule has 0 bridgehead atoms. The molecule has 136 valence electrons. The number of primary amides is 1. The number of amides is 1. The monoisotopic (exact) mass is 387 g/mol. The Morgan fingerprint density at radius 1 is 1.22 bits per heavy atom. The van der Waals surface area contributed by atoms with E-state index in [2.05, 4.69) is 15.0 Å². The summed E-state index contributed by atoms with van der Waals surface area (Å²) in [6.07, 6.45) is 0. The third kappa shape index (κ3) is 2.61. The Labute approximate surface area is 154 Å². The fourth-order valence-electron chi connectivity index (χ4n) is 2.78. The molecule has 0 atom stereocenters. The molecule has 0 aliphatic heterocycles. The van der Waals surface area contributed by atoms with Gasteiger partial charge >= 0.3 is 5.69 Å². The van der Waals surface area contributed by atoms with Crippen LogP contribution in [0.25, 0.3) is 27.6 Å². The molecule has 0 spiro atoms. The fraction of sp³-hybridized carbons (Fsp3) is 0.0588. The summed E-state index contributed by atoms with van der Waals surface area (Å²) in [5.74, 6) is -2.68. The lowest BCUT2D eigenvalue weighted by atomic mass is 10.2. The van der Waals surface area contributed by atoms with Crippen LogP contribution in [-0.2, 0) is 0 Å². The topological polar surface area (TPSA) is 107 Å². The number of rotatable bonds is 3. The zero-order chi connectivity index (χ0) is 19.3. The van der Waals surface area contributed by atoms with Crippen molar-refractivity contribution in [3.8, 4) is 16.4 Å². The van der Waals surface area contributed by atoms with Gasteiger partial charge in [-0.25, -0.2) is 28.1 Å². The highest BCUT2D eigenvalue weighted by Gasteiger charge is 2.23. The van der Waals surface area contributed by atoms with Crippen LogP contribution in [0.1, 0.15) is 16.1 Å². The van der Waals surface area contributed by atoms with E-state index in [0.29, 0.717) is 4.88 Å². The van der Waals surface area contributed by atoms with Gasteiger partial charge in [-0.1, -0.05) is 6.07 Å². The van der Waals surface area contributed by atoms with E-state index in [9.17, 15) is 18.4 Å².